The first-order valence-corrected chi connectivity index (χ1v) is 25.4. The van der Waals surface area contributed by atoms with Gasteiger partial charge in [-0.05, 0) is 147 Å². The van der Waals surface area contributed by atoms with Crippen LogP contribution in [-0.4, -0.2) is 169 Å². The maximum absolute atomic E-state index is 8.50. The van der Waals surface area contributed by atoms with Crippen molar-refractivity contribution in [1.29, 1.82) is 0 Å². The maximum Gasteiger partial charge on any atom is 0.156 e. The summed E-state index contributed by atoms with van der Waals surface area (Å²) in [4.78, 5) is 0. The third-order valence-electron chi connectivity index (χ3n) is 4.97. The standard InChI is InChI=1S/C5H12O4.12C3H6OS/c6-1-5(2-7,3-8)4-9;12*1-2-3(4)5/h6-9H,1-4H2;12*2H2,1H3,(H,4,5). The van der Waals surface area contributed by atoms with E-state index in [-0.39, 0.29) is 60.6 Å². The van der Waals surface area contributed by atoms with Crippen LogP contribution < -0.4 is 0 Å². The molecule has 0 aliphatic rings. The van der Waals surface area contributed by atoms with Gasteiger partial charge in [0, 0.05) is 77.0 Å². The molecule has 0 aromatic carbocycles. The van der Waals surface area contributed by atoms with Crippen LogP contribution in [0, 0.1) is 5.41 Å². The van der Waals surface area contributed by atoms with Crippen molar-refractivity contribution in [2.24, 2.45) is 5.41 Å². The minimum Gasteiger partial charge on any atom is -0.502 e. The number of aliphatic hydroxyl groups excluding tert-OH is 16. The molecule has 0 aliphatic carbocycles. The second-order valence-corrected chi connectivity index (χ2v) is 16.8. The van der Waals surface area contributed by atoms with E-state index in [1.165, 1.54) is 0 Å². The lowest BCUT2D eigenvalue weighted by molar-refractivity contribution is -0.0328. The number of hydrogen-bond acceptors (Lipinski definition) is 16. The first-order chi connectivity index (χ1) is 31.5. The Balaban J connectivity index is -0.0000000450. The van der Waals surface area contributed by atoms with E-state index in [9.17, 15) is 0 Å². The van der Waals surface area contributed by atoms with E-state index < -0.39 is 31.8 Å². The molecule has 16 nitrogen and oxygen atoms in total. The highest BCUT2D eigenvalue weighted by Gasteiger charge is 2.26. The quantitative estimate of drug-likeness (QED) is 0.0639. The van der Waals surface area contributed by atoms with Crippen molar-refractivity contribution in [3.63, 3.8) is 0 Å². The molecule has 0 aliphatic heterocycles. The van der Waals surface area contributed by atoms with Crippen molar-refractivity contribution in [3.05, 3.63) is 0 Å². The van der Waals surface area contributed by atoms with Crippen LogP contribution in [0.5, 0.6) is 0 Å². The number of hydrogen-bond donors (Lipinski definition) is 16. The van der Waals surface area contributed by atoms with Gasteiger partial charge in [-0.1, -0.05) is 83.1 Å². The van der Waals surface area contributed by atoms with Crippen molar-refractivity contribution >= 4 is 207 Å². The molecule has 0 unspecified atom stereocenters. The molecule has 0 rings (SSSR count). The first kappa shape index (κ1) is 101. The number of thiocarbonyl (C=S) groups is 12. The third-order valence-corrected chi connectivity index (χ3v) is 8.44. The van der Waals surface area contributed by atoms with Crippen molar-refractivity contribution in [2.45, 2.75) is 160 Å². The molecule has 0 saturated heterocycles. The summed E-state index contributed by atoms with van der Waals surface area (Å²) in [6, 6.07) is 0. The van der Waals surface area contributed by atoms with E-state index in [2.05, 4.69) is 147 Å². The molecule has 0 radical (unpaired) electrons. The van der Waals surface area contributed by atoms with Gasteiger partial charge in [-0.3, -0.25) is 0 Å². The second-order valence-electron chi connectivity index (χ2n) is 11.1. The minimum absolute atomic E-state index is 0.0880. The molecule has 0 aromatic heterocycles. The summed E-state index contributed by atoms with van der Waals surface area (Å²) in [7, 11) is 0. The predicted molar refractivity (Wildman–Crippen MR) is 337 cm³/mol. The number of aliphatic hydroxyl groups is 16. The van der Waals surface area contributed by atoms with Crippen molar-refractivity contribution < 1.29 is 81.7 Å². The molecule has 28 heteroatoms. The molecule has 0 bridgehead atoms. The molecule has 0 heterocycles. The fraction of sp³-hybridized carbons (Fsp3) is 0.707. The fourth-order valence-corrected chi connectivity index (χ4v) is 0.300. The zero-order valence-corrected chi connectivity index (χ0v) is 51.7. The van der Waals surface area contributed by atoms with Gasteiger partial charge in [-0.25, -0.2) is 0 Å². The van der Waals surface area contributed by atoms with Crippen LogP contribution in [-0.2, 0) is 0 Å². The molecule has 69 heavy (non-hydrogen) atoms. The van der Waals surface area contributed by atoms with Gasteiger partial charge < -0.3 is 81.7 Å². The van der Waals surface area contributed by atoms with Crippen molar-refractivity contribution in [2.75, 3.05) is 26.4 Å². The lowest BCUT2D eigenvalue weighted by Crippen LogP contribution is -2.37. The highest BCUT2D eigenvalue weighted by Crippen LogP contribution is 2.11. The Labute approximate surface area is 476 Å². The van der Waals surface area contributed by atoms with Gasteiger partial charge in [0.15, 0.2) is 60.6 Å². The monoisotopic (exact) mass is 1220 g/mol. The normalized spacial score (nSPS) is 8.00. The van der Waals surface area contributed by atoms with Crippen LogP contribution in [0.15, 0.2) is 0 Å². The summed E-state index contributed by atoms with van der Waals surface area (Å²) >= 11 is 51.0. The van der Waals surface area contributed by atoms with Gasteiger partial charge in [-0.2, -0.15) is 0 Å². The van der Waals surface area contributed by atoms with E-state index in [1.807, 2.05) is 83.1 Å². The summed E-state index contributed by atoms with van der Waals surface area (Å²) in [5.74, 6) is 0. The first-order valence-electron chi connectivity index (χ1n) is 20.5. The van der Waals surface area contributed by atoms with E-state index >= 15 is 0 Å². The largest absolute Gasteiger partial charge is 0.502 e. The smallest absolute Gasteiger partial charge is 0.156 e. The van der Waals surface area contributed by atoms with Crippen LogP contribution in [0.4, 0.5) is 0 Å². The lowest BCUT2D eigenvalue weighted by Gasteiger charge is -2.23. The Hall–Kier alpha value is -1.48. The Morgan fingerprint density at radius 3 is 0.246 bits per heavy atom. The van der Waals surface area contributed by atoms with Crippen molar-refractivity contribution in [3.8, 4) is 0 Å². The van der Waals surface area contributed by atoms with Gasteiger partial charge in [-0.15, -0.1) is 0 Å². The van der Waals surface area contributed by atoms with Crippen LogP contribution >= 0.6 is 147 Å². The molecule has 0 amide bonds. The van der Waals surface area contributed by atoms with Gasteiger partial charge in [0.05, 0.1) is 31.8 Å². The average Bonchev–Trinajstić information content (AvgIpc) is 3.31. The topological polar surface area (TPSA) is 324 Å². The molecular weight excluding hydrogens is 1130 g/mol. The van der Waals surface area contributed by atoms with Crippen LogP contribution in [0.1, 0.15) is 160 Å². The maximum atomic E-state index is 8.50. The lowest BCUT2D eigenvalue weighted by atomic mass is 9.93. The summed E-state index contributed by atoms with van der Waals surface area (Å²) in [5, 5.41) is 132. The SMILES string of the molecule is CCC(O)=S.CCC(O)=S.CCC(O)=S.CCC(O)=S.CCC(O)=S.CCC(O)=S.CCC(O)=S.CCC(O)=S.CCC(O)=S.CCC(O)=S.CCC(O)=S.CCC(O)=S.OCC(CO)(CO)CO. The summed E-state index contributed by atoms with van der Waals surface area (Å²) in [6.07, 6.45) is 7.11. The van der Waals surface area contributed by atoms with E-state index in [4.69, 9.17) is 81.7 Å². The van der Waals surface area contributed by atoms with Gasteiger partial charge in [0.1, 0.15) is 0 Å². The molecule has 16 N–H and O–H groups in total. The molecule has 0 aromatic rings. The molecule has 416 valence electrons. The zero-order chi connectivity index (χ0) is 58.7. The molecular formula is C41H84O16S12. The Morgan fingerprint density at radius 1 is 0.203 bits per heavy atom. The van der Waals surface area contributed by atoms with Gasteiger partial charge in [0.2, 0.25) is 0 Å². The zero-order valence-electron chi connectivity index (χ0n) is 41.9. The average molecular weight is 1220 g/mol. The minimum atomic E-state index is -1.11. The second kappa shape index (κ2) is 89.4. The third kappa shape index (κ3) is 232. The Kier molecular flexibility index (Phi) is 130. The molecule has 0 fully saturated rings. The summed E-state index contributed by atoms with van der Waals surface area (Å²) in [5.41, 5.74) is -1.11. The predicted octanol–water partition coefficient (Wildman–Crippen LogP) is 13.3. The highest BCUT2D eigenvalue weighted by molar-refractivity contribution is 7.82. The summed E-state index contributed by atoms with van der Waals surface area (Å²) < 4.78 is 0. The van der Waals surface area contributed by atoms with E-state index in [0.29, 0.717) is 77.0 Å². The Morgan fingerprint density at radius 2 is 0.246 bits per heavy atom. The number of rotatable bonds is 16. The fourth-order valence-electron chi connectivity index (χ4n) is 0.300. The molecule has 0 atom stereocenters. The van der Waals surface area contributed by atoms with E-state index in [1.54, 1.807) is 0 Å². The van der Waals surface area contributed by atoms with E-state index in [0.717, 1.165) is 0 Å². The van der Waals surface area contributed by atoms with Gasteiger partial charge in [0.25, 0.3) is 0 Å². The van der Waals surface area contributed by atoms with Crippen molar-refractivity contribution in [1.82, 2.24) is 0 Å². The molecule has 0 spiro atoms. The molecule has 0 saturated carbocycles. The summed E-state index contributed by atoms with van der Waals surface area (Å²) in [6.45, 7) is 20.1. The van der Waals surface area contributed by atoms with Crippen LogP contribution in [0.2, 0.25) is 0 Å². The van der Waals surface area contributed by atoms with Crippen LogP contribution in [0.25, 0.3) is 0 Å². The Bertz CT molecular complexity index is 954. The van der Waals surface area contributed by atoms with Crippen LogP contribution in [0.3, 0.4) is 0 Å². The highest BCUT2D eigenvalue weighted by atomic mass is 32.1. The van der Waals surface area contributed by atoms with Gasteiger partial charge >= 0.3 is 0 Å².